The van der Waals surface area contributed by atoms with Gasteiger partial charge in [-0.15, -0.1) is 0 Å². The van der Waals surface area contributed by atoms with E-state index in [1.54, 1.807) is 38.3 Å². The predicted octanol–water partition coefficient (Wildman–Crippen LogP) is 5.64. The molecule has 2 amide bonds. The molecule has 3 aromatic rings. The van der Waals surface area contributed by atoms with Gasteiger partial charge in [-0.25, -0.2) is 9.40 Å². The number of hydrazone groups is 1. The Kier molecular flexibility index (Phi) is 7.88. The zero-order valence-electron chi connectivity index (χ0n) is 22.6. The summed E-state index contributed by atoms with van der Waals surface area (Å²) in [6.45, 7) is 3.67. The molecular formula is C30H29FN4O4S. The number of benzene rings is 3. The normalized spacial score (nSPS) is 18.4. The van der Waals surface area contributed by atoms with Gasteiger partial charge in [0.2, 0.25) is 5.91 Å². The molecule has 2 atom stereocenters. The molecule has 0 aromatic heterocycles. The van der Waals surface area contributed by atoms with Gasteiger partial charge in [0.15, 0.2) is 16.7 Å². The minimum Gasteiger partial charge on any atom is -0.493 e. The highest BCUT2D eigenvalue weighted by molar-refractivity contribution is 8.15. The van der Waals surface area contributed by atoms with Crippen molar-refractivity contribution in [2.75, 3.05) is 19.5 Å². The van der Waals surface area contributed by atoms with Crippen molar-refractivity contribution in [1.82, 2.24) is 5.01 Å². The van der Waals surface area contributed by atoms with E-state index in [-0.39, 0.29) is 12.5 Å². The number of carbonyl (C=O) groups excluding carboxylic acids is 2. The lowest BCUT2D eigenvalue weighted by molar-refractivity contribution is -0.121. The topological polar surface area (TPSA) is 92.6 Å². The molecule has 0 aliphatic carbocycles. The molecule has 0 saturated carbocycles. The molecule has 0 unspecified atom stereocenters. The molecule has 206 valence electrons. The Labute approximate surface area is 236 Å². The van der Waals surface area contributed by atoms with E-state index >= 15 is 0 Å². The second kappa shape index (κ2) is 11.5. The average Bonchev–Trinajstić information content (AvgIpc) is 3.54. The fourth-order valence-corrected chi connectivity index (χ4v) is 5.64. The van der Waals surface area contributed by atoms with Crippen LogP contribution in [0.2, 0.25) is 0 Å². The second-order valence-corrected chi connectivity index (χ2v) is 10.8. The molecule has 3 aromatic carbocycles. The van der Waals surface area contributed by atoms with Gasteiger partial charge in [0.05, 0.1) is 26.0 Å². The van der Waals surface area contributed by atoms with Crippen LogP contribution in [0.4, 0.5) is 10.1 Å². The second-order valence-electron chi connectivity index (χ2n) is 9.65. The number of rotatable bonds is 7. The van der Waals surface area contributed by atoms with E-state index in [2.05, 4.69) is 10.3 Å². The molecule has 40 heavy (non-hydrogen) atoms. The molecular weight excluding hydrogens is 531 g/mol. The number of nitrogens with zero attached hydrogens (tertiary/aromatic N) is 3. The molecule has 10 heteroatoms. The lowest BCUT2D eigenvalue weighted by Crippen LogP contribution is -2.25. The summed E-state index contributed by atoms with van der Waals surface area (Å²) in [5.74, 6) is -0.0181. The molecule has 0 bridgehead atoms. The van der Waals surface area contributed by atoms with Crippen LogP contribution in [-0.2, 0) is 9.59 Å². The highest BCUT2D eigenvalue weighted by Crippen LogP contribution is 2.41. The van der Waals surface area contributed by atoms with Crippen LogP contribution in [0.3, 0.4) is 0 Å². The van der Waals surface area contributed by atoms with Gasteiger partial charge in [-0.1, -0.05) is 53.7 Å². The number of aliphatic imine (C=N–C) groups is 1. The molecule has 0 radical (unpaired) electrons. The highest BCUT2D eigenvalue weighted by atomic mass is 32.2. The van der Waals surface area contributed by atoms with Crippen molar-refractivity contribution >= 4 is 40.1 Å². The standard InChI is InChI=1S/C30H29FN4O4S/c1-17-5-8-19(9-6-17)23-15-24(20-10-12-25(38-3)26(13-20)39-4)35(34-23)30-33-29(37)27(40-30)16-28(36)32-21-11-7-18(2)22(31)14-21/h5-14,24,27H,15-16H2,1-4H3,(H,32,36)/t24-,27+/m0/s1. The number of methoxy groups -OCH3 is 2. The quantitative estimate of drug-likeness (QED) is 0.402. The first-order valence-corrected chi connectivity index (χ1v) is 13.6. The van der Waals surface area contributed by atoms with Crippen molar-refractivity contribution < 1.29 is 23.5 Å². The fraction of sp³-hybridized carbons (Fsp3) is 0.267. The number of aryl methyl sites for hydroxylation is 2. The van der Waals surface area contributed by atoms with Crippen molar-refractivity contribution in [1.29, 1.82) is 0 Å². The number of anilines is 1. The third-order valence-electron chi connectivity index (χ3n) is 6.84. The number of thioether (sulfide) groups is 1. The van der Waals surface area contributed by atoms with Gasteiger partial charge in [0.25, 0.3) is 5.91 Å². The van der Waals surface area contributed by atoms with Gasteiger partial charge in [-0.05, 0) is 54.8 Å². The van der Waals surface area contributed by atoms with Gasteiger partial charge >= 0.3 is 0 Å². The summed E-state index contributed by atoms with van der Waals surface area (Å²) in [6, 6.07) is 18.0. The Bertz CT molecular complexity index is 1520. The molecule has 0 fully saturated rings. The number of carbonyl (C=O) groups is 2. The Balaban J connectivity index is 1.38. The Morgan fingerprint density at radius 3 is 2.50 bits per heavy atom. The third kappa shape index (κ3) is 5.72. The first-order chi connectivity index (χ1) is 19.2. The fourth-order valence-electron chi connectivity index (χ4n) is 4.58. The molecule has 0 saturated heterocycles. The number of amidine groups is 1. The average molecular weight is 561 g/mol. The van der Waals surface area contributed by atoms with Crippen molar-refractivity contribution in [3.8, 4) is 11.5 Å². The largest absolute Gasteiger partial charge is 0.493 e. The van der Waals surface area contributed by atoms with E-state index in [1.807, 2.05) is 49.4 Å². The molecule has 0 spiro atoms. The zero-order chi connectivity index (χ0) is 28.4. The van der Waals surface area contributed by atoms with Crippen LogP contribution in [0, 0.1) is 19.7 Å². The van der Waals surface area contributed by atoms with Gasteiger partial charge < -0.3 is 14.8 Å². The molecule has 2 aliphatic rings. The molecule has 2 aliphatic heterocycles. The van der Waals surface area contributed by atoms with Crippen LogP contribution in [0.15, 0.2) is 70.8 Å². The number of ether oxygens (including phenoxy) is 2. The number of amides is 2. The van der Waals surface area contributed by atoms with Gasteiger partial charge in [0, 0.05) is 18.5 Å². The summed E-state index contributed by atoms with van der Waals surface area (Å²) >= 11 is 1.20. The van der Waals surface area contributed by atoms with Crippen LogP contribution in [-0.4, -0.2) is 47.2 Å². The summed E-state index contributed by atoms with van der Waals surface area (Å²) in [7, 11) is 3.16. The van der Waals surface area contributed by atoms with E-state index in [1.165, 1.54) is 17.8 Å². The highest BCUT2D eigenvalue weighted by Gasteiger charge is 2.39. The van der Waals surface area contributed by atoms with Gasteiger partial charge in [-0.2, -0.15) is 10.1 Å². The lowest BCUT2D eigenvalue weighted by Gasteiger charge is -2.24. The number of halogens is 1. The van der Waals surface area contributed by atoms with Crippen molar-refractivity contribution in [3.63, 3.8) is 0 Å². The number of nitrogens with one attached hydrogen (secondary N) is 1. The first-order valence-electron chi connectivity index (χ1n) is 12.8. The minimum atomic E-state index is -0.713. The maximum absolute atomic E-state index is 13.9. The van der Waals surface area contributed by atoms with Crippen LogP contribution < -0.4 is 14.8 Å². The van der Waals surface area contributed by atoms with E-state index in [9.17, 15) is 14.0 Å². The smallest absolute Gasteiger partial charge is 0.262 e. The maximum atomic E-state index is 13.9. The SMILES string of the molecule is COc1ccc([C@@H]2CC(c3ccc(C)cc3)=NN2C2=NC(=O)[C@@H](CC(=O)Nc3ccc(C)c(F)c3)S2)cc1OC. The molecule has 5 rings (SSSR count). The van der Waals surface area contributed by atoms with Gasteiger partial charge in [0.1, 0.15) is 11.1 Å². The zero-order valence-corrected chi connectivity index (χ0v) is 23.4. The van der Waals surface area contributed by atoms with Crippen LogP contribution in [0.25, 0.3) is 0 Å². The van der Waals surface area contributed by atoms with Crippen LogP contribution in [0.1, 0.15) is 41.1 Å². The van der Waals surface area contributed by atoms with E-state index in [0.717, 1.165) is 22.4 Å². The molecule has 2 heterocycles. The van der Waals surface area contributed by atoms with Crippen molar-refractivity contribution in [2.24, 2.45) is 10.1 Å². The van der Waals surface area contributed by atoms with E-state index in [4.69, 9.17) is 14.6 Å². The van der Waals surface area contributed by atoms with E-state index in [0.29, 0.717) is 34.3 Å². The summed E-state index contributed by atoms with van der Waals surface area (Å²) < 4.78 is 24.8. The summed E-state index contributed by atoms with van der Waals surface area (Å²) in [5.41, 5.74) is 4.73. The monoisotopic (exact) mass is 560 g/mol. The molecule has 8 nitrogen and oxygen atoms in total. The third-order valence-corrected chi connectivity index (χ3v) is 7.98. The van der Waals surface area contributed by atoms with Crippen molar-refractivity contribution in [3.05, 3.63) is 88.7 Å². The van der Waals surface area contributed by atoms with Crippen LogP contribution in [0.5, 0.6) is 11.5 Å². The first kappa shape index (κ1) is 27.4. The minimum absolute atomic E-state index is 0.102. The summed E-state index contributed by atoms with van der Waals surface area (Å²) in [4.78, 5) is 29.9. The number of hydrogen-bond acceptors (Lipinski definition) is 7. The Morgan fingerprint density at radius 2 is 1.80 bits per heavy atom. The van der Waals surface area contributed by atoms with Crippen molar-refractivity contribution in [2.45, 2.75) is 38.0 Å². The lowest BCUT2D eigenvalue weighted by atomic mass is 9.98. The summed E-state index contributed by atoms with van der Waals surface area (Å²) in [6.07, 6.45) is 0.478. The van der Waals surface area contributed by atoms with E-state index < -0.39 is 22.9 Å². The number of hydrogen-bond donors (Lipinski definition) is 1. The Morgan fingerprint density at radius 1 is 1.05 bits per heavy atom. The van der Waals surface area contributed by atoms with Gasteiger partial charge in [-0.3, -0.25) is 9.59 Å². The molecule has 1 N–H and O–H groups in total. The summed E-state index contributed by atoms with van der Waals surface area (Å²) in [5, 5.41) is 9.03. The van der Waals surface area contributed by atoms with Crippen LogP contribution >= 0.6 is 11.8 Å². The predicted molar refractivity (Wildman–Crippen MR) is 155 cm³/mol. The Hall–Kier alpha value is -4.18. The maximum Gasteiger partial charge on any atom is 0.262 e.